The summed E-state index contributed by atoms with van der Waals surface area (Å²) in [4.78, 5) is 0. The van der Waals surface area contributed by atoms with Crippen molar-refractivity contribution in [2.24, 2.45) is 5.92 Å². The van der Waals surface area contributed by atoms with Gasteiger partial charge in [-0.05, 0) is 41.2 Å². The molecular weight excluding hydrogens is 325 g/mol. The Kier molecular flexibility index (Phi) is 5.48. The molecule has 1 N–H and O–H groups in total. The highest BCUT2D eigenvalue weighted by Crippen LogP contribution is 2.33. The van der Waals surface area contributed by atoms with Crippen molar-refractivity contribution in [1.82, 2.24) is 0 Å². The van der Waals surface area contributed by atoms with Crippen molar-refractivity contribution >= 4 is 0 Å². The first-order valence-corrected chi connectivity index (χ1v) is 8.89. The lowest BCUT2D eigenvalue weighted by Gasteiger charge is -2.24. The van der Waals surface area contributed by atoms with Gasteiger partial charge in [-0.2, -0.15) is 13.2 Å². The molecule has 0 spiro atoms. The predicted molar refractivity (Wildman–Crippen MR) is 93.0 cm³/mol. The third-order valence-corrected chi connectivity index (χ3v) is 5.12. The van der Waals surface area contributed by atoms with Crippen LogP contribution in [0.4, 0.5) is 13.2 Å². The molecule has 0 aromatic heterocycles. The van der Waals surface area contributed by atoms with Gasteiger partial charge in [-0.15, -0.1) is 0 Å². The van der Waals surface area contributed by atoms with Gasteiger partial charge >= 0.3 is 6.18 Å². The fraction of sp³-hybridized carbons (Fsp3) is 0.429. The maximum absolute atomic E-state index is 12.6. The fourth-order valence-electron chi connectivity index (χ4n) is 3.62. The fourth-order valence-corrected chi connectivity index (χ4v) is 3.62. The van der Waals surface area contributed by atoms with Crippen molar-refractivity contribution in [1.29, 1.82) is 0 Å². The van der Waals surface area contributed by atoms with Crippen LogP contribution in [0.15, 0.2) is 48.5 Å². The lowest BCUT2D eigenvalue weighted by molar-refractivity contribution is -0.137. The topological polar surface area (TPSA) is 20.2 Å². The summed E-state index contributed by atoms with van der Waals surface area (Å²) in [6, 6.07) is 12.6. The summed E-state index contributed by atoms with van der Waals surface area (Å²) in [5.74, 6) is 0.596. The van der Waals surface area contributed by atoms with E-state index in [1.165, 1.54) is 44.2 Å². The summed E-state index contributed by atoms with van der Waals surface area (Å²) in [6.45, 7) is 0. The Balaban J connectivity index is 1.67. The van der Waals surface area contributed by atoms with E-state index in [0.717, 1.165) is 35.2 Å². The van der Waals surface area contributed by atoms with Crippen LogP contribution in [0.25, 0.3) is 11.1 Å². The van der Waals surface area contributed by atoms with Crippen molar-refractivity contribution in [3.63, 3.8) is 0 Å². The lowest BCUT2D eigenvalue weighted by atomic mass is 9.84. The van der Waals surface area contributed by atoms with Crippen LogP contribution in [-0.4, -0.2) is 5.11 Å². The molecule has 4 heteroatoms. The summed E-state index contributed by atoms with van der Waals surface area (Å²) < 4.78 is 37.9. The molecule has 1 aliphatic rings. The minimum Gasteiger partial charge on any atom is -0.388 e. The second-order valence-corrected chi connectivity index (χ2v) is 6.95. The summed E-state index contributed by atoms with van der Waals surface area (Å²) in [7, 11) is 0. The van der Waals surface area contributed by atoms with E-state index in [-0.39, 0.29) is 0 Å². The molecule has 0 unspecified atom stereocenters. The van der Waals surface area contributed by atoms with E-state index >= 15 is 0 Å². The quantitative estimate of drug-likeness (QED) is 0.680. The Labute approximate surface area is 146 Å². The van der Waals surface area contributed by atoms with Gasteiger partial charge in [-0.3, -0.25) is 0 Å². The van der Waals surface area contributed by atoms with Gasteiger partial charge in [0.2, 0.25) is 0 Å². The second-order valence-electron chi connectivity index (χ2n) is 6.95. The van der Waals surface area contributed by atoms with E-state index in [2.05, 4.69) is 0 Å². The van der Waals surface area contributed by atoms with Gasteiger partial charge in [0.1, 0.15) is 0 Å². The van der Waals surface area contributed by atoms with Gasteiger partial charge < -0.3 is 5.11 Å². The van der Waals surface area contributed by atoms with Crippen molar-refractivity contribution < 1.29 is 18.3 Å². The SMILES string of the molecule is O[C@H](CC1CCCCC1)c1ccc(-c2ccc(C(F)(F)F)cc2)cc1. The van der Waals surface area contributed by atoms with Crippen LogP contribution in [0.3, 0.4) is 0 Å². The second kappa shape index (κ2) is 7.61. The number of halogens is 3. The molecule has 3 rings (SSSR count). The average Bonchev–Trinajstić information content (AvgIpc) is 2.62. The summed E-state index contributed by atoms with van der Waals surface area (Å²) in [5.41, 5.74) is 1.82. The van der Waals surface area contributed by atoms with Gasteiger partial charge in [0, 0.05) is 0 Å². The van der Waals surface area contributed by atoms with Crippen LogP contribution in [-0.2, 0) is 6.18 Å². The zero-order chi connectivity index (χ0) is 17.9. The monoisotopic (exact) mass is 348 g/mol. The van der Waals surface area contributed by atoms with Gasteiger partial charge in [0.25, 0.3) is 0 Å². The number of aliphatic hydroxyl groups excluding tert-OH is 1. The Hall–Kier alpha value is -1.81. The minimum atomic E-state index is -4.31. The number of alkyl halides is 3. The molecule has 25 heavy (non-hydrogen) atoms. The molecule has 2 aromatic carbocycles. The van der Waals surface area contributed by atoms with Gasteiger partial charge in [-0.25, -0.2) is 0 Å². The van der Waals surface area contributed by atoms with Crippen LogP contribution in [0.1, 0.15) is 55.8 Å². The van der Waals surface area contributed by atoms with Crippen molar-refractivity contribution in [3.05, 3.63) is 59.7 Å². The summed E-state index contributed by atoms with van der Waals surface area (Å²) in [6.07, 6.45) is 2.21. The van der Waals surface area contributed by atoms with Crippen LogP contribution in [0.2, 0.25) is 0 Å². The van der Waals surface area contributed by atoms with E-state index in [9.17, 15) is 18.3 Å². The number of benzene rings is 2. The summed E-state index contributed by atoms with van der Waals surface area (Å²) >= 11 is 0. The Bertz CT molecular complexity index is 668. The van der Waals surface area contributed by atoms with Crippen LogP contribution < -0.4 is 0 Å². The van der Waals surface area contributed by atoms with E-state index in [1.54, 1.807) is 0 Å². The molecule has 134 valence electrons. The van der Waals surface area contributed by atoms with Gasteiger partial charge in [0.15, 0.2) is 0 Å². The lowest BCUT2D eigenvalue weighted by Crippen LogP contribution is -2.11. The maximum Gasteiger partial charge on any atom is 0.416 e. The van der Waals surface area contributed by atoms with E-state index in [1.807, 2.05) is 24.3 Å². The van der Waals surface area contributed by atoms with Crippen LogP contribution in [0, 0.1) is 5.92 Å². The van der Waals surface area contributed by atoms with Gasteiger partial charge in [0.05, 0.1) is 11.7 Å². The smallest absolute Gasteiger partial charge is 0.388 e. The first kappa shape index (κ1) is 18.0. The molecule has 2 aromatic rings. The largest absolute Gasteiger partial charge is 0.416 e. The van der Waals surface area contributed by atoms with Crippen molar-refractivity contribution in [2.75, 3.05) is 0 Å². The standard InChI is InChI=1S/C21H23F3O/c22-21(23,24)19-12-10-17(11-13-19)16-6-8-18(9-7-16)20(25)14-15-4-2-1-3-5-15/h6-13,15,20,25H,1-5,14H2/t20-/m1/s1. The van der Waals surface area contributed by atoms with E-state index < -0.39 is 17.8 Å². The molecule has 0 saturated heterocycles. The third kappa shape index (κ3) is 4.63. The predicted octanol–water partition coefficient (Wildman–Crippen LogP) is 6.38. The first-order valence-electron chi connectivity index (χ1n) is 8.89. The molecule has 0 aliphatic heterocycles. The molecule has 1 atom stereocenters. The normalized spacial score (nSPS) is 17.4. The minimum absolute atomic E-state index is 0.468. The summed E-state index contributed by atoms with van der Waals surface area (Å²) in [5, 5.41) is 10.4. The van der Waals surface area contributed by atoms with E-state index in [4.69, 9.17) is 0 Å². The number of hydrogen-bond acceptors (Lipinski definition) is 1. The highest BCUT2D eigenvalue weighted by atomic mass is 19.4. The van der Waals surface area contributed by atoms with Gasteiger partial charge in [-0.1, -0.05) is 68.5 Å². The average molecular weight is 348 g/mol. The molecule has 1 fully saturated rings. The van der Waals surface area contributed by atoms with Crippen molar-refractivity contribution in [3.8, 4) is 11.1 Å². The zero-order valence-electron chi connectivity index (χ0n) is 14.1. The number of hydrogen-bond donors (Lipinski definition) is 1. The first-order chi connectivity index (χ1) is 11.9. The maximum atomic E-state index is 12.6. The molecule has 0 heterocycles. The number of rotatable bonds is 4. The molecule has 0 radical (unpaired) electrons. The van der Waals surface area contributed by atoms with Crippen molar-refractivity contribution in [2.45, 2.75) is 50.8 Å². The molecular formula is C21H23F3O. The Morgan fingerprint density at radius 2 is 1.36 bits per heavy atom. The molecule has 0 bridgehead atoms. The zero-order valence-corrected chi connectivity index (χ0v) is 14.1. The van der Waals surface area contributed by atoms with Crippen LogP contribution in [0.5, 0.6) is 0 Å². The third-order valence-electron chi connectivity index (χ3n) is 5.12. The molecule has 0 amide bonds. The van der Waals surface area contributed by atoms with E-state index in [0.29, 0.717) is 5.92 Å². The molecule has 1 nitrogen and oxygen atoms in total. The Morgan fingerprint density at radius 1 is 0.840 bits per heavy atom. The molecule has 1 aliphatic carbocycles. The highest BCUT2D eigenvalue weighted by molar-refractivity contribution is 5.64. The number of aliphatic hydroxyl groups is 1. The molecule has 1 saturated carbocycles. The highest BCUT2D eigenvalue weighted by Gasteiger charge is 2.30. The Morgan fingerprint density at radius 3 is 1.88 bits per heavy atom. The van der Waals surface area contributed by atoms with Crippen LogP contribution >= 0.6 is 0 Å².